The Bertz CT molecular complexity index is 508. The zero-order chi connectivity index (χ0) is 15.5. The van der Waals surface area contributed by atoms with Gasteiger partial charge >= 0.3 is 0 Å². The van der Waals surface area contributed by atoms with Gasteiger partial charge in [-0.25, -0.2) is 0 Å². The van der Waals surface area contributed by atoms with Crippen LogP contribution in [-0.4, -0.2) is 54.4 Å². The first-order chi connectivity index (χ1) is 10.6. The predicted molar refractivity (Wildman–Crippen MR) is 81.9 cm³/mol. The van der Waals surface area contributed by atoms with Gasteiger partial charge in [-0.15, -0.1) is 0 Å². The van der Waals surface area contributed by atoms with Crippen LogP contribution in [-0.2, 0) is 4.74 Å². The van der Waals surface area contributed by atoms with E-state index in [2.05, 4.69) is 15.4 Å². The largest absolute Gasteiger partial charge is 0.378 e. The Morgan fingerprint density at radius 1 is 1.32 bits per heavy atom. The summed E-state index contributed by atoms with van der Waals surface area (Å²) in [6.07, 6.45) is 3.77. The molecular formula is C16H25N3O3. The third-order valence-electron chi connectivity index (χ3n) is 4.57. The van der Waals surface area contributed by atoms with Crippen molar-refractivity contribution in [3.8, 4) is 0 Å². The summed E-state index contributed by atoms with van der Waals surface area (Å²) in [6.45, 7) is 7.50. The van der Waals surface area contributed by atoms with Gasteiger partial charge in [0.1, 0.15) is 0 Å². The van der Waals surface area contributed by atoms with Gasteiger partial charge in [0.25, 0.3) is 5.91 Å². The third-order valence-corrected chi connectivity index (χ3v) is 4.57. The molecular weight excluding hydrogens is 282 g/mol. The molecule has 0 radical (unpaired) electrons. The SMILES string of the molecule is CC(C)c1cc(C(=O)N[C@H]2COC[C@@H]2N2CCCCC2)on1. The number of amides is 1. The summed E-state index contributed by atoms with van der Waals surface area (Å²) in [7, 11) is 0. The van der Waals surface area contributed by atoms with Crippen molar-refractivity contribution in [1.29, 1.82) is 0 Å². The fourth-order valence-electron chi connectivity index (χ4n) is 3.20. The summed E-state index contributed by atoms with van der Waals surface area (Å²) in [4.78, 5) is 14.8. The van der Waals surface area contributed by atoms with E-state index in [4.69, 9.17) is 9.26 Å². The topological polar surface area (TPSA) is 67.6 Å². The quantitative estimate of drug-likeness (QED) is 0.918. The lowest BCUT2D eigenvalue weighted by Crippen LogP contribution is -2.52. The van der Waals surface area contributed by atoms with Crippen LogP contribution in [0.1, 0.15) is 55.3 Å². The van der Waals surface area contributed by atoms with Gasteiger partial charge in [-0.05, 0) is 31.8 Å². The number of nitrogens with one attached hydrogen (secondary N) is 1. The van der Waals surface area contributed by atoms with Crippen LogP contribution >= 0.6 is 0 Å². The predicted octanol–water partition coefficient (Wildman–Crippen LogP) is 1.78. The van der Waals surface area contributed by atoms with Gasteiger partial charge < -0.3 is 14.6 Å². The molecule has 0 aliphatic carbocycles. The van der Waals surface area contributed by atoms with Crippen LogP contribution in [0.3, 0.4) is 0 Å². The smallest absolute Gasteiger partial charge is 0.290 e. The molecule has 2 saturated heterocycles. The van der Waals surface area contributed by atoms with E-state index in [0.717, 1.165) is 18.8 Å². The zero-order valence-electron chi connectivity index (χ0n) is 13.4. The lowest BCUT2D eigenvalue weighted by Gasteiger charge is -2.34. The molecule has 0 spiro atoms. The van der Waals surface area contributed by atoms with Crippen molar-refractivity contribution in [2.24, 2.45) is 0 Å². The molecule has 1 aromatic heterocycles. The minimum absolute atomic E-state index is 0.0261. The van der Waals surface area contributed by atoms with Crippen LogP contribution in [0.2, 0.25) is 0 Å². The van der Waals surface area contributed by atoms with Crippen LogP contribution in [0, 0.1) is 0 Å². The second kappa shape index (κ2) is 6.79. The lowest BCUT2D eigenvalue weighted by molar-refractivity contribution is 0.0863. The second-order valence-corrected chi connectivity index (χ2v) is 6.55. The molecule has 2 atom stereocenters. The Balaban J connectivity index is 1.61. The Labute approximate surface area is 131 Å². The third kappa shape index (κ3) is 3.33. The van der Waals surface area contributed by atoms with E-state index in [-0.39, 0.29) is 29.7 Å². The van der Waals surface area contributed by atoms with Crippen molar-refractivity contribution < 1.29 is 14.1 Å². The van der Waals surface area contributed by atoms with Gasteiger partial charge in [0.2, 0.25) is 5.76 Å². The average molecular weight is 307 g/mol. The number of rotatable bonds is 4. The Morgan fingerprint density at radius 2 is 2.09 bits per heavy atom. The highest BCUT2D eigenvalue weighted by Crippen LogP contribution is 2.20. The van der Waals surface area contributed by atoms with Crippen LogP contribution in [0.4, 0.5) is 0 Å². The van der Waals surface area contributed by atoms with E-state index >= 15 is 0 Å². The molecule has 0 saturated carbocycles. The van der Waals surface area contributed by atoms with Crippen molar-refractivity contribution in [2.45, 2.75) is 51.1 Å². The Kier molecular flexibility index (Phi) is 4.78. The first-order valence-electron chi connectivity index (χ1n) is 8.24. The highest BCUT2D eigenvalue weighted by molar-refractivity contribution is 5.91. The summed E-state index contributed by atoms with van der Waals surface area (Å²) >= 11 is 0. The van der Waals surface area contributed by atoms with Gasteiger partial charge in [-0.2, -0.15) is 0 Å². The molecule has 1 aromatic rings. The summed E-state index contributed by atoms with van der Waals surface area (Å²) < 4.78 is 10.8. The van der Waals surface area contributed by atoms with E-state index in [1.807, 2.05) is 13.8 Å². The maximum absolute atomic E-state index is 12.3. The molecule has 3 heterocycles. The standard InChI is InChI=1S/C16H25N3O3/c1-11(2)12-8-15(22-18-12)16(20)17-13-9-21-10-14(13)19-6-4-3-5-7-19/h8,11,13-14H,3-7,9-10H2,1-2H3,(H,17,20)/t13-,14-/m0/s1. The molecule has 3 rings (SSSR count). The van der Waals surface area contributed by atoms with E-state index < -0.39 is 0 Å². The number of hydrogen-bond donors (Lipinski definition) is 1. The highest BCUT2D eigenvalue weighted by atomic mass is 16.5. The first kappa shape index (κ1) is 15.5. The number of carbonyl (C=O) groups excluding carboxylic acids is 1. The number of hydrogen-bond acceptors (Lipinski definition) is 5. The lowest BCUT2D eigenvalue weighted by atomic mass is 10.0. The van der Waals surface area contributed by atoms with E-state index in [1.165, 1.54) is 19.3 Å². The van der Waals surface area contributed by atoms with Crippen LogP contribution in [0.5, 0.6) is 0 Å². The molecule has 0 aromatic carbocycles. The molecule has 6 heteroatoms. The summed E-state index contributed by atoms with van der Waals surface area (Å²) in [6, 6.07) is 2.03. The monoisotopic (exact) mass is 307 g/mol. The molecule has 2 aliphatic heterocycles. The molecule has 6 nitrogen and oxygen atoms in total. The average Bonchev–Trinajstić information content (AvgIpc) is 3.17. The van der Waals surface area contributed by atoms with E-state index in [0.29, 0.717) is 13.2 Å². The van der Waals surface area contributed by atoms with Gasteiger partial charge in [0.15, 0.2) is 0 Å². The Morgan fingerprint density at radius 3 is 2.77 bits per heavy atom. The van der Waals surface area contributed by atoms with Crippen molar-refractivity contribution >= 4 is 5.91 Å². The molecule has 2 fully saturated rings. The highest BCUT2D eigenvalue weighted by Gasteiger charge is 2.35. The van der Waals surface area contributed by atoms with Crippen molar-refractivity contribution in [3.63, 3.8) is 0 Å². The number of piperidine rings is 1. The van der Waals surface area contributed by atoms with Crippen LogP contribution in [0.15, 0.2) is 10.6 Å². The number of likely N-dealkylation sites (tertiary alicyclic amines) is 1. The number of carbonyl (C=O) groups is 1. The first-order valence-corrected chi connectivity index (χ1v) is 8.24. The maximum Gasteiger partial charge on any atom is 0.290 e. The molecule has 122 valence electrons. The number of ether oxygens (including phenoxy) is 1. The fraction of sp³-hybridized carbons (Fsp3) is 0.750. The van der Waals surface area contributed by atoms with Crippen molar-refractivity contribution in [1.82, 2.24) is 15.4 Å². The minimum Gasteiger partial charge on any atom is -0.378 e. The van der Waals surface area contributed by atoms with Gasteiger partial charge in [0.05, 0.1) is 31.0 Å². The zero-order valence-corrected chi connectivity index (χ0v) is 13.4. The number of nitrogens with zero attached hydrogens (tertiary/aromatic N) is 2. The van der Waals surface area contributed by atoms with E-state index in [9.17, 15) is 4.79 Å². The molecule has 0 unspecified atom stereocenters. The van der Waals surface area contributed by atoms with Crippen LogP contribution < -0.4 is 5.32 Å². The second-order valence-electron chi connectivity index (χ2n) is 6.55. The van der Waals surface area contributed by atoms with E-state index in [1.54, 1.807) is 6.07 Å². The van der Waals surface area contributed by atoms with Gasteiger partial charge in [0, 0.05) is 6.07 Å². The Hall–Kier alpha value is -1.40. The molecule has 1 N–H and O–H groups in total. The normalized spacial score (nSPS) is 26.5. The minimum atomic E-state index is -0.197. The van der Waals surface area contributed by atoms with Gasteiger partial charge in [-0.1, -0.05) is 25.4 Å². The summed E-state index contributed by atoms with van der Waals surface area (Å²) in [5.74, 6) is 0.339. The molecule has 0 bridgehead atoms. The van der Waals surface area contributed by atoms with Crippen molar-refractivity contribution in [2.75, 3.05) is 26.3 Å². The maximum atomic E-state index is 12.3. The summed E-state index contributed by atoms with van der Waals surface area (Å²) in [5, 5.41) is 7.00. The molecule has 1 amide bonds. The van der Waals surface area contributed by atoms with Gasteiger partial charge in [-0.3, -0.25) is 9.69 Å². The van der Waals surface area contributed by atoms with Crippen molar-refractivity contribution in [3.05, 3.63) is 17.5 Å². The molecule has 22 heavy (non-hydrogen) atoms. The molecule has 2 aliphatic rings. The fourth-order valence-corrected chi connectivity index (χ4v) is 3.20. The number of aromatic nitrogens is 1. The summed E-state index contributed by atoms with van der Waals surface area (Å²) in [5.41, 5.74) is 0.806. The van der Waals surface area contributed by atoms with Crippen LogP contribution in [0.25, 0.3) is 0 Å².